The lowest BCUT2D eigenvalue weighted by molar-refractivity contribution is -0.137. The van der Waals surface area contributed by atoms with Crippen LogP contribution in [0, 0.1) is 6.92 Å². The van der Waals surface area contributed by atoms with Crippen LogP contribution in [-0.2, 0) is 11.9 Å². The van der Waals surface area contributed by atoms with Crippen molar-refractivity contribution in [2.75, 3.05) is 31.1 Å². The van der Waals surface area contributed by atoms with Crippen LogP contribution in [0.1, 0.15) is 26.6 Å². The minimum Gasteiger partial charge on any atom is -0.368 e. The van der Waals surface area contributed by atoms with E-state index >= 15 is 0 Å². The molecule has 0 atom stereocenters. The van der Waals surface area contributed by atoms with Gasteiger partial charge in [-0.05, 0) is 55.0 Å². The smallest absolute Gasteiger partial charge is 0.368 e. The van der Waals surface area contributed by atoms with Crippen LogP contribution in [-0.4, -0.2) is 61.7 Å². The molecule has 0 aliphatic carbocycles. The normalized spacial score (nSPS) is 13.8. The van der Waals surface area contributed by atoms with E-state index in [2.05, 4.69) is 20.2 Å². The topological polar surface area (TPSA) is 80.0 Å². The number of hydrogen-bond donors (Lipinski definition) is 0. The molecule has 0 saturated carbocycles. The molecule has 0 spiro atoms. The maximum Gasteiger partial charge on any atom is 0.416 e. The third-order valence-electron chi connectivity index (χ3n) is 7.19. The van der Waals surface area contributed by atoms with Crippen LogP contribution in [0.3, 0.4) is 0 Å². The molecule has 8 nitrogen and oxygen atoms in total. The van der Waals surface area contributed by atoms with Gasteiger partial charge >= 0.3 is 6.18 Å². The van der Waals surface area contributed by atoms with Gasteiger partial charge in [-0.3, -0.25) is 14.3 Å². The second kappa shape index (κ2) is 12.6. The van der Waals surface area contributed by atoms with E-state index in [9.17, 15) is 18.0 Å². The van der Waals surface area contributed by atoms with E-state index < -0.39 is 11.7 Å². The molecule has 1 fully saturated rings. The number of carbonyl (C=O) groups excluding carboxylic acids is 1. The number of benzene rings is 2. The van der Waals surface area contributed by atoms with Gasteiger partial charge in [-0.15, -0.1) is 21.5 Å². The summed E-state index contributed by atoms with van der Waals surface area (Å²) in [4.78, 5) is 25.5. The summed E-state index contributed by atoms with van der Waals surface area (Å²) in [5.74, 6) is 0.925. The van der Waals surface area contributed by atoms with Gasteiger partial charge in [-0.1, -0.05) is 35.5 Å². The van der Waals surface area contributed by atoms with E-state index in [0.717, 1.165) is 34.0 Å². The number of halogens is 4. The monoisotopic (exact) mass is 655 g/mol. The Morgan fingerprint density at radius 3 is 2.55 bits per heavy atom. The van der Waals surface area contributed by atoms with Gasteiger partial charge in [0.15, 0.2) is 11.0 Å². The van der Waals surface area contributed by atoms with Crippen molar-refractivity contribution in [2.24, 2.45) is 0 Å². The molecule has 1 aliphatic heterocycles. The molecule has 4 heterocycles. The lowest BCUT2D eigenvalue weighted by Gasteiger charge is -2.36. The number of rotatable bonds is 7. The number of aromatic nitrogens is 5. The lowest BCUT2D eigenvalue weighted by Crippen LogP contribution is -2.49. The highest BCUT2D eigenvalue weighted by Gasteiger charge is 2.31. The average Bonchev–Trinajstić information content (AvgIpc) is 3.68. The average molecular weight is 656 g/mol. The van der Waals surface area contributed by atoms with Crippen LogP contribution in [0.25, 0.3) is 17.1 Å². The zero-order chi connectivity index (χ0) is 30.8. The lowest BCUT2D eigenvalue weighted by atomic mass is 10.1. The highest BCUT2D eigenvalue weighted by molar-refractivity contribution is 7.98. The van der Waals surface area contributed by atoms with Gasteiger partial charge in [0.2, 0.25) is 0 Å². The molecule has 3 aromatic heterocycles. The second-order valence-electron chi connectivity index (χ2n) is 10.1. The molecule has 14 heteroatoms. The minimum absolute atomic E-state index is 0.195. The van der Waals surface area contributed by atoms with Crippen molar-refractivity contribution in [3.63, 3.8) is 0 Å². The van der Waals surface area contributed by atoms with Crippen LogP contribution in [0.15, 0.2) is 77.5 Å². The summed E-state index contributed by atoms with van der Waals surface area (Å²) in [6, 6.07) is 14.7. The quantitative estimate of drug-likeness (QED) is 0.174. The van der Waals surface area contributed by atoms with Gasteiger partial charge in [0.05, 0.1) is 17.0 Å². The van der Waals surface area contributed by atoms with Crippen molar-refractivity contribution in [1.82, 2.24) is 29.6 Å². The van der Waals surface area contributed by atoms with E-state index in [4.69, 9.17) is 11.6 Å². The van der Waals surface area contributed by atoms with Crippen LogP contribution >= 0.6 is 34.7 Å². The first-order valence-electron chi connectivity index (χ1n) is 13.6. The molecule has 0 N–H and O–H groups in total. The third kappa shape index (κ3) is 6.44. The maximum atomic E-state index is 13.2. The van der Waals surface area contributed by atoms with Gasteiger partial charge in [-0.2, -0.15) is 13.2 Å². The summed E-state index contributed by atoms with van der Waals surface area (Å²) in [6.45, 7) is 3.62. The van der Waals surface area contributed by atoms with Crippen LogP contribution in [0.4, 0.5) is 18.9 Å². The van der Waals surface area contributed by atoms with E-state index in [1.54, 1.807) is 28.7 Å². The Hall–Kier alpha value is -3.94. The number of alkyl halides is 3. The van der Waals surface area contributed by atoms with Crippen molar-refractivity contribution in [3.8, 4) is 17.1 Å². The van der Waals surface area contributed by atoms with Crippen LogP contribution in [0.2, 0.25) is 5.02 Å². The van der Waals surface area contributed by atoms with Gasteiger partial charge < -0.3 is 9.80 Å². The molecular weight excluding hydrogens is 631 g/mol. The fourth-order valence-electron chi connectivity index (χ4n) is 4.90. The van der Waals surface area contributed by atoms with E-state index in [0.29, 0.717) is 59.3 Å². The second-order valence-corrected chi connectivity index (χ2v) is 12.4. The number of amides is 1. The summed E-state index contributed by atoms with van der Waals surface area (Å²) in [6.07, 6.45) is -1.00. The Bertz CT molecular complexity index is 1790. The number of anilines is 1. The van der Waals surface area contributed by atoms with Crippen molar-refractivity contribution in [2.45, 2.75) is 24.0 Å². The van der Waals surface area contributed by atoms with Crippen LogP contribution < -0.4 is 4.90 Å². The summed E-state index contributed by atoms with van der Waals surface area (Å²) in [5.41, 5.74) is 2.87. The Morgan fingerprint density at radius 1 is 1.02 bits per heavy atom. The molecule has 6 rings (SSSR count). The Kier molecular flexibility index (Phi) is 8.61. The molecule has 1 amide bonds. The van der Waals surface area contributed by atoms with Crippen molar-refractivity contribution in [3.05, 3.63) is 99.2 Å². The summed E-state index contributed by atoms with van der Waals surface area (Å²) >= 11 is 9.20. The van der Waals surface area contributed by atoms with Gasteiger partial charge in [-0.25, -0.2) is 4.98 Å². The standard InChI is InChI=1S/C30H25ClF3N7OS2/c1-19-5-6-22(31)16-25(19)41-27(20-7-9-35-10-8-20)37-38-29(41)44-18-26-36-24(17-43-26)28(42)40-13-11-39(12-14-40)23-4-2-3-21(15-23)30(32,33)34/h2-10,15-17H,11-14,18H2,1H3. The highest BCUT2D eigenvalue weighted by Crippen LogP contribution is 2.34. The minimum atomic E-state index is -4.40. The molecular formula is C30H25ClF3N7OS2. The number of thioether (sulfide) groups is 1. The molecule has 0 bridgehead atoms. The fraction of sp³-hybridized carbons (Fsp3) is 0.233. The first-order chi connectivity index (χ1) is 21.2. The number of hydrogen-bond acceptors (Lipinski definition) is 8. The van der Waals surface area contributed by atoms with Gasteiger partial charge in [0.25, 0.3) is 5.91 Å². The maximum absolute atomic E-state index is 13.2. The van der Waals surface area contributed by atoms with E-state index in [-0.39, 0.29) is 5.91 Å². The number of aryl methyl sites for hydroxylation is 1. The first kappa shape index (κ1) is 30.1. The van der Waals surface area contributed by atoms with Crippen molar-refractivity contribution >= 4 is 46.3 Å². The van der Waals surface area contributed by atoms with Gasteiger partial charge in [0, 0.05) is 60.2 Å². The number of piperazine rings is 1. The summed E-state index contributed by atoms with van der Waals surface area (Å²) < 4.78 is 41.4. The molecule has 0 radical (unpaired) electrons. The SMILES string of the molecule is Cc1ccc(Cl)cc1-n1c(SCc2nc(C(=O)N3CCN(c4cccc(C(F)(F)F)c4)CC3)cs2)nnc1-c1ccncc1. The predicted molar refractivity (Wildman–Crippen MR) is 166 cm³/mol. The van der Waals surface area contributed by atoms with Crippen LogP contribution in [0.5, 0.6) is 0 Å². The first-order valence-corrected chi connectivity index (χ1v) is 15.8. The molecule has 0 unspecified atom stereocenters. The van der Waals surface area contributed by atoms with Crippen molar-refractivity contribution < 1.29 is 18.0 Å². The molecule has 1 aliphatic rings. The zero-order valence-electron chi connectivity index (χ0n) is 23.3. The molecule has 226 valence electrons. The number of pyridine rings is 1. The molecule has 1 saturated heterocycles. The van der Waals surface area contributed by atoms with Gasteiger partial charge in [0.1, 0.15) is 10.7 Å². The number of nitrogens with zero attached hydrogens (tertiary/aromatic N) is 7. The Labute approximate surface area is 264 Å². The highest BCUT2D eigenvalue weighted by atomic mass is 35.5. The number of carbonyl (C=O) groups is 1. The third-order valence-corrected chi connectivity index (χ3v) is 9.39. The van der Waals surface area contributed by atoms with Crippen molar-refractivity contribution in [1.29, 1.82) is 0 Å². The summed E-state index contributed by atoms with van der Waals surface area (Å²) in [7, 11) is 0. The summed E-state index contributed by atoms with van der Waals surface area (Å²) in [5, 5.41) is 12.7. The zero-order valence-corrected chi connectivity index (χ0v) is 25.7. The molecule has 2 aromatic carbocycles. The molecule has 5 aromatic rings. The fourth-order valence-corrected chi connectivity index (χ4v) is 6.80. The predicted octanol–water partition coefficient (Wildman–Crippen LogP) is 7.02. The van der Waals surface area contributed by atoms with E-state index in [1.807, 2.05) is 46.7 Å². The Balaban J connectivity index is 1.14. The molecule has 44 heavy (non-hydrogen) atoms. The van der Waals surface area contributed by atoms with E-state index in [1.165, 1.54) is 29.2 Å². The number of thiazole rings is 1. The largest absolute Gasteiger partial charge is 0.416 e. The Morgan fingerprint density at radius 2 is 1.80 bits per heavy atom.